The van der Waals surface area contributed by atoms with Gasteiger partial charge in [-0.25, -0.2) is 4.79 Å². The number of fused-ring (bicyclic) bond motifs is 1. The SMILES string of the molecule is CCOCOc1cc2c(c(OCOCC)c1)C(=O)O[C@H](C)C/C=C/[C@@H](NC(=O)CS[C@H]1OC(CO)[C@H](O)C(O)[C@H]1O)C/C=C/C(=NOCC(=O)N1CCCCC1)C2. The van der Waals surface area contributed by atoms with Crippen molar-refractivity contribution in [2.45, 2.75) is 101 Å². The van der Waals surface area contributed by atoms with E-state index in [0.717, 1.165) is 31.0 Å². The zero-order chi connectivity index (χ0) is 41.2. The van der Waals surface area contributed by atoms with Gasteiger partial charge in [-0.3, -0.25) is 9.59 Å². The van der Waals surface area contributed by atoms with Crippen LogP contribution in [0.3, 0.4) is 0 Å². The maximum atomic E-state index is 13.9. The van der Waals surface area contributed by atoms with Crippen LogP contribution in [0.4, 0.5) is 0 Å². The zero-order valence-corrected chi connectivity index (χ0v) is 33.6. The fourth-order valence-corrected chi connectivity index (χ4v) is 7.17. The molecule has 2 unspecified atom stereocenters. The Morgan fingerprint density at radius 1 is 0.982 bits per heavy atom. The highest BCUT2D eigenvalue weighted by Crippen LogP contribution is 2.32. The lowest BCUT2D eigenvalue weighted by Crippen LogP contribution is -2.57. The van der Waals surface area contributed by atoms with Gasteiger partial charge in [0.15, 0.2) is 20.2 Å². The molecular weight excluding hydrogens is 767 g/mol. The van der Waals surface area contributed by atoms with Crippen LogP contribution in [0.5, 0.6) is 11.5 Å². The Kier molecular flexibility index (Phi) is 19.5. The third kappa shape index (κ3) is 14.5. The third-order valence-corrected chi connectivity index (χ3v) is 10.4. The lowest BCUT2D eigenvalue weighted by molar-refractivity contribution is -0.205. The maximum Gasteiger partial charge on any atom is 0.342 e. The van der Waals surface area contributed by atoms with Crippen LogP contribution in [0.15, 0.2) is 41.6 Å². The number of hydrogen-bond donors (Lipinski definition) is 5. The number of aliphatic hydroxyl groups excluding tert-OH is 4. The molecule has 2 saturated heterocycles. The van der Waals surface area contributed by atoms with E-state index in [4.69, 9.17) is 33.3 Å². The first-order valence-electron chi connectivity index (χ1n) is 19.3. The quantitative estimate of drug-likeness (QED) is 0.0528. The Morgan fingerprint density at radius 2 is 1.72 bits per heavy atom. The van der Waals surface area contributed by atoms with Crippen LogP contribution >= 0.6 is 11.8 Å². The zero-order valence-electron chi connectivity index (χ0n) is 32.8. The number of piperidine rings is 1. The number of nitrogens with one attached hydrogen (secondary N) is 1. The summed E-state index contributed by atoms with van der Waals surface area (Å²) in [5.41, 5.74) is -0.158. The van der Waals surface area contributed by atoms with E-state index >= 15 is 0 Å². The van der Waals surface area contributed by atoms with E-state index < -0.39 is 60.5 Å². The fraction of sp³-hybridized carbons (Fsp3) is 0.641. The van der Waals surface area contributed by atoms with E-state index in [0.29, 0.717) is 56.2 Å². The van der Waals surface area contributed by atoms with E-state index in [9.17, 15) is 34.8 Å². The highest BCUT2D eigenvalue weighted by molar-refractivity contribution is 8.00. The van der Waals surface area contributed by atoms with E-state index in [2.05, 4.69) is 10.5 Å². The minimum Gasteiger partial charge on any atom is -0.467 e. The molecule has 2 amide bonds. The van der Waals surface area contributed by atoms with Gasteiger partial charge in [0.2, 0.25) is 5.91 Å². The molecule has 17 nitrogen and oxygen atoms in total. The standard InChI is InChI=1S/C39H57N3O14S/c1-4-50-23-52-29-18-26-17-28(41-54-21-33(45)42-15-7-6-8-16-42)14-10-13-27(40-32(44)22-57-39-37(48)36(47)35(46)31(20-43)56-39)12-9-11-25(3)55-38(49)34(26)30(19-29)53-24-51-5-2/h9-10,12,14,18-19,25,27,31,35-37,39,43,46-48H,4-8,11,13,15-17,20-24H2,1-3H3,(H,40,44)/b12-9+,14-10+,41-28?/t25-,27-,31?,35+,36?,37-,39-/m1/s1. The van der Waals surface area contributed by atoms with E-state index in [-0.39, 0.29) is 49.6 Å². The number of carbonyl (C=O) groups is 3. The van der Waals surface area contributed by atoms with Crippen molar-refractivity contribution in [2.24, 2.45) is 5.16 Å². The van der Waals surface area contributed by atoms with Crippen molar-refractivity contribution in [2.75, 3.05) is 58.9 Å². The summed E-state index contributed by atoms with van der Waals surface area (Å²) >= 11 is 0.916. The molecule has 1 aromatic carbocycles. The van der Waals surface area contributed by atoms with Gasteiger partial charge in [0.05, 0.1) is 24.1 Å². The Hall–Kier alpha value is -3.75. The van der Waals surface area contributed by atoms with Crippen molar-refractivity contribution in [3.63, 3.8) is 0 Å². The predicted molar refractivity (Wildman–Crippen MR) is 209 cm³/mol. The Bertz CT molecular complexity index is 1540. The topological polar surface area (TPSA) is 224 Å². The smallest absolute Gasteiger partial charge is 0.342 e. The molecule has 0 spiro atoms. The summed E-state index contributed by atoms with van der Waals surface area (Å²) in [7, 11) is 0. The maximum absolute atomic E-state index is 13.9. The number of aliphatic hydroxyl groups is 4. The number of likely N-dealkylation sites (tertiary alicyclic amines) is 1. The van der Waals surface area contributed by atoms with Crippen LogP contribution in [0.25, 0.3) is 0 Å². The van der Waals surface area contributed by atoms with Gasteiger partial charge in [0, 0.05) is 45.2 Å². The molecule has 7 atom stereocenters. The van der Waals surface area contributed by atoms with Crippen LogP contribution < -0.4 is 14.8 Å². The molecule has 0 radical (unpaired) electrons. The minimum absolute atomic E-state index is 0.0205. The van der Waals surface area contributed by atoms with E-state index in [1.54, 1.807) is 48.3 Å². The summed E-state index contributed by atoms with van der Waals surface area (Å²) in [6.07, 6.45) is 4.33. The first kappa shape index (κ1) is 45.9. The van der Waals surface area contributed by atoms with Crippen molar-refractivity contribution in [3.8, 4) is 11.5 Å². The number of carbonyl (C=O) groups excluding carboxylic acids is 3. The molecule has 18 heteroatoms. The van der Waals surface area contributed by atoms with Crippen molar-refractivity contribution in [1.29, 1.82) is 0 Å². The first-order chi connectivity index (χ1) is 27.5. The predicted octanol–water partition coefficient (Wildman–Crippen LogP) is 1.83. The average Bonchev–Trinajstić information content (AvgIpc) is 3.19. The summed E-state index contributed by atoms with van der Waals surface area (Å²) in [5.74, 6) is -0.912. The highest BCUT2D eigenvalue weighted by atomic mass is 32.2. The van der Waals surface area contributed by atoms with Gasteiger partial charge in [-0.15, -0.1) is 11.8 Å². The van der Waals surface area contributed by atoms with Gasteiger partial charge in [-0.2, -0.15) is 0 Å². The summed E-state index contributed by atoms with van der Waals surface area (Å²) in [4.78, 5) is 47.3. The van der Waals surface area contributed by atoms with E-state index in [1.807, 2.05) is 13.8 Å². The average molecular weight is 824 g/mol. The van der Waals surface area contributed by atoms with Crippen molar-refractivity contribution in [3.05, 3.63) is 47.6 Å². The van der Waals surface area contributed by atoms with Gasteiger partial charge in [0.1, 0.15) is 53.0 Å². The molecule has 0 saturated carbocycles. The molecule has 0 aliphatic carbocycles. The first-order valence-corrected chi connectivity index (χ1v) is 20.4. The summed E-state index contributed by atoms with van der Waals surface area (Å²) in [6, 6.07) is 2.69. The minimum atomic E-state index is -1.56. The van der Waals surface area contributed by atoms with Crippen LogP contribution in [0, 0.1) is 0 Å². The lowest BCUT2D eigenvalue weighted by Gasteiger charge is -2.39. The summed E-state index contributed by atoms with van der Waals surface area (Å²) < 4.78 is 34.0. The van der Waals surface area contributed by atoms with E-state index in [1.165, 1.54) is 0 Å². The van der Waals surface area contributed by atoms with Gasteiger partial charge in [0.25, 0.3) is 5.91 Å². The second kappa shape index (κ2) is 24.2. The molecule has 0 bridgehead atoms. The van der Waals surface area contributed by atoms with Gasteiger partial charge >= 0.3 is 5.97 Å². The Balaban J connectivity index is 1.60. The molecule has 1 aromatic rings. The number of ether oxygens (including phenoxy) is 6. The Labute approximate surface area is 337 Å². The molecule has 3 aliphatic heterocycles. The number of amides is 2. The summed E-state index contributed by atoms with van der Waals surface area (Å²) in [6.45, 7) is 6.45. The molecule has 3 aliphatic rings. The molecule has 318 valence electrons. The van der Waals surface area contributed by atoms with Crippen LogP contribution in [0.2, 0.25) is 0 Å². The number of hydrogen-bond acceptors (Lipinski definition) is 16. The lowest BCUT2D eigenvalue weighted by atomic mass is 9.99. The second-order valence-electron chi connectivity index (χ2n) is 13.6. The normalized spacial score (nSPS) is 27.7. The molecule has 5 N–H and O–H groups in total. The number of thioether (sulfide) groups is 1. The molecule has 2 fully saturated rings. The third-order valence-electron chi connectivity index (χ3n) is 9.24. The Morgan fingerprint density at radius 3 is 2.44 bits per heavy atom. The second-order valence-corrected chi connectivity index (χ2v) is 14.7. The molecule has 57 heavy (non-hydrogen) atoms. The molecule has 4 rings (SSSR count). The summed E-state index contributed by atoms with van der Waals surface area (Å²) in [5, 5.41) is 47.4. The number of cyclic esters (lactones) is 1. The molecular formula is C39H57N3O14S. The van der Waals surface area contributed by atoms with Gasteiger partial charge < -0.3 is 63.9 Å². The number of benzene rings is 1. The van der Waals surface area contributed by atoms with Crippen LogP contribution in [-0.4, -0.2) is 150 Å². The molecule has 3 heterocycles. The van der Waals surface area contributed by atoms with Gasteiger partial charge in [-0.1, -0.05) is 23.4 Å². The van der Waals surface area contributed by atoms with Crippen LogP contribution in [0.1, 0.15) is 68.8 Å². The number of oxime groups is 1. The highest BCUT2D eigenvalue weighted by Gasteiger charge is 2.43. The number of allylic oxidation sites excluding steroid dienone is 1. The molecule has 0 aromatic heterocycles. The van der Waals surface area contributed by atoms with Crippen molar-refractivity contribution < 1.29 is 68.1 Å². The monoisotopic (exact) mass is 823 g/mol. The van der Waals surface area contributed by atoms with Crippen molar-refractivity contribution >= 4 is 35.3 Å². The van der Waals surface area contributed by atoms with Crippen molar-refractivity contribution in [1.82, 2.24) is 10.2 Å². The van der Waals surface area contributed by atoms with Crippen LogP contribution in [-0.2, 0) is 39.8 Å². The number of nitrogens with zero attached hydrogens (tertiary/aromatic N) is 2. The fourth-order valence-electron chi connectivity index (χ4n) is 6.19. The number of rotatable bonds is 16. The van der Waals surface area contributed by atoms with Gasteiger partial charge in [-0.05, 0) is 64.2 Å². The number of esters is 1. The largest absolute Gasteiger partial charge is 0.467 e.